The lowest BCUT2D eigenvalue weighted by Crippen LogP contribution is -2.24. The van der Waals surface area contributed by atoms with Crippen molar-refractivity contribution in [3.8, 4) is 10.8 Å². The van der Waals surface area contributed by atoms with Crippen molar-refractivity contribution in [1.29, 1.82) is 0 Å². The van der Waals surface area contributed by atoms with E-state index in [1.165, 1.54) is 0 Å². The molecule has 0 spiro atoms. The predicted octanol–water partition coefficient (Wildman–Crippen LogP) is 3.22. The van der Waals surface area contributed by atoms with Gasteiger partial charge < -0.3 is 20.6 Å². The minimum atomic E-state index is 0.323. The van der Waals surface area contributed by atoms with Gasteiger partial charge >= 0.3 is 0 Å². The first-order chi connectivity index (χ1) is 11.8. The molecule has 0 fully saturated rings. The number of nitrogen functional groups attached to an aromatic ring is 1. The SMILES string of the molecule is CC(C)(C)CCNCCn1c(-c2nccs2)nc2c(N)[nH]c(=S)nc21. The Hall–Kier alpha value is -1.84. The maximum atomic E-state index is 6.05. The number of aromatic amines is 1. The minimum Gasteiger partial charge on any atom is -0.383 e. The van der Waals surface area contributed by atoms with Crippen molar-refractivity contribution < 1.29 is 0 Å². The van der Waals surface area contributed by atoms with Crippen molar-refractivity contribution in [2.24, 2.45) is 5.41 Å². The monoisotopic (exact) mass is 377 g/mol. The molecule has 0 unspecified atom stereocenters. The number of aromatic nitrogens is 5. The number of nitrogens with two attached hydrogens (primary N) is 1. The first kappa shape index (κ1) is 18.0. The predicted molar refractivity (Wildman–Crippen MR) is 105 cm³/mol. The van der Waals surface area contributed by atoms with Crippen LogP contribution < -0.4 is 11.1 Å². The van der Waals surface area contributed by atoms with Gasteiger partial charge in [0.25, 0.3) is 0 Å². The number of imidazole rings is 1. The van der Waals surface area contributed by atoms with Crippen LogP contribution in [0.2, 0.25) is 0 Å². The van der Waals surface area contributed by atoms with Crippen molar-refractivity contribution >= 4 is 40.5 Å². The van der Waals surface area contributed by atoms with Crippen LogP contribution in [0.3, 0.4) is 0 Å². The summed E-state index contributed by atoms with van der Waals surface area (Å²) in [6.07, 6.45) is 2.89. The highest BCUT2D eigenvalue weighted by Crippen LogP contribution is 2.27. The van der Waals surface area contributed by atoms with Crippen molar-refractivity contribution in [1.82, 2.24) is 29.8 Å². The molecular formula is C16H23N7S2. The molecule has 9 heteroatoms. The normalized spacial score (nSPS) is 12.1. The molecule has 0 amide bonds. The highest BCUT2D eigenvalue weighted by molar-refractivity contribution is 7.71. The van der Waals surface area contributed by atoms with Gasteiger partial charge in [-0.05, 0) is 30.6 Å². The van der Waals surface area contributed by atoms with E-state index in [1.807, 2.05) is 9.95 Å². The molecule has 7 nitrogen and oxygen atoms in total. The van der Waals surface area contributed by atoms with Crippen LogP contribution in [0.25, 0.3) is 22.0 Å². The van der Waals surface area contributed by atoms with E-state index in [2.05, 4.69) is 46.0 Å². The molecule has 0 aliphatic heterocycles. The number of nitrogens with one attached hydrogen (secondary N) is 2. The number of thiazole rings is 1. The van der Waals surface area contributed by atoms with Gasteiger partial charge in [-0.1, -0.05) is 20.8 Å². The molecule has 3 aromatic heterocycles. The number of hydrogen-bond donors (Lipinski definition) is 3. The van der Waals surface area contributed by atoms with Gasteiger partial charge in [-0.15, -0.1) is 11.3 Å². The number of fused-ring (bicyclic) bond motifs is 1. The molecule has 134 valence electrons. The van der Waals surface area contributed by atoms with E-state index in [0.29, 0.717) is 27.2 Å². The van der Waals surface area contributed by atoms with E-state index < -0.39 is 0 Å². The van der Waals surface area contributed by atoms with Crippen LogP contribution in [0, 0.1) is 10.2 Å². The topological polar surface area (TPSA) is 97.4 Å². The van der Waals surface area contributed by atoms with E-state index in [1.54, 1.807) is 17.5 Å². The van der Waals surface area contributed by atoms with Crippen molar-refractivity contribution in [3.63, 3.8) is 0 Å². The van der Waals surface area contributed by atoms with E-state index >= 15 is 0 Å². The maximum absolute atomic E-state index is 6.05. The lowest BCUT2D eigenvalue weighted by Gasteiger charge is -2.18. The van der Waals surface area contributed by atoms with Gasteiger partial charge in [0.1, 0.15) is 11.3 Å². The van der Waals surface area contributed by atoms with Crippen LogP contribution >= 0.6 is 23.6 Å². The molecule has 25 heavy (non-hydrogen) atoms. The summed E-state index contributed by atoms with van der Waals surface area (Å²) < 4.78 is 2.40. The van der Waals surface area contributed by atoms with Gasteiger partial charge in [-0.3, -0.25) is 0 Å². The van der Waals surface area contributed by atoms with Gasteiger partial charge in [0.2, 0.25) is 0 Å². The second kappa shape index (κ2) is 7.19. The molecule has 0 bridgehead atoms. The molecule has 0 saturated carbocycles. The van der Waals surface area contributed by atoms with E-state index in [-0.39, 0.29) is 0 Å². The van der Waals surface area contributed by atoms with Crippen molar-refractivity contribution in [2.75, 3.05) is 18.8 Å². The highest BCUT2D eigenvalue weighted by Gasteiger charge is 2.18. The Morgan fingerprint density at radius 3 is 2.80 bits per heavy atom. The molecule has 0 atom stereocenters. The Balaban J connectivity index is 1.87. The van der Waals surface area contributed by atoms with E-state index in [0.717, 1.165) is 36.9 Å². The Morgan fingerprint density at radius 1 is 1.32 bits per heavy atom. The summed E-state index contributed by atoms with van der Waals surface area (Å²) in [5, 5.41) is 6.27. The summed E-state index contributed by atoms with van der Waals surface area (Å²) >= 11 is 6.72. The van der Waals surface area contributed by atoms with Gasteiger partial charge in [-0.2, -0.15) is 4.98 Å². The van der Waals surface area contributed by atoms with Crippen LogP contribution in [-0.2, 0) is 6.54 Å². The van der Waals surface area contributed by atoms with E-state index in [9.17, 15) is 0 Å². The molecule has 0 radical (unpaired) electrons. The summed E-state index contributed by atoms with van der Waals surface area (Å²) in [6.45, 7) is 9.23. The molecule has 3 aromatic rings. The van der Waals surface area contributed by atoms with Gasteiger partial charge in [0.05, 0.1) is 0 Å². The second-order valence-corrected chi connectivity index (χ2v) is 8.39. The first-order valence-electron chi connectivity index (χ1n) is 8.22. The van der Waals surface area contributed by atoms with Crippen LogP contribution in [0.4, 0.5) is 5.82 Å². The van der Waals surface area contributed by atoms with Gasteiger partial charge in [-0.25, -0.2) is 9.97 Å². The Kier molecular flexibility index (Phi) is 5.16. The van der Waals surface area contributed by atoms with Crippen LogP contribution in [0.15, 0.2) is 11.6 Å². The molecule has 0 saturated heterocycles. The number of H-pyrrole nitrogens is 1. The third-order valence-electron chi connectivity index (χ3n) is 3.83. The smallest absolute Gasteiger partial charge is 0.200 e. The van der Waals surface area contributed by atoms with Crippen LogP contribution in [0.1, 0.15) is 27.2 Å². The fourth-order valence-corrected chi connectivity index (χ4v) is 3.36. The van der Waals surface area contributed by atoms with Crippen molar-refractivity contribution in [2.45, 2.75) is 33.7 Å². The zero-order chi connectivity index (χ0) is 18.0. The van der Waals surface area contributed by atoms with Crippen molar-refractivity contribution in [3.05, 3.63) is 16.3 Å². The molecule has 4 N–H and O–H groups in total. The minimum absolute atomic E-state index is 0.323. The molecule has 0 aliphatic rings. The lowest BCUT2D eigenvalue weighted by atomic mass is 9.92. The van der Waals surface area contributed by atoms with E-state index in [4.69, 9.17) is 18.0 Å². The Labute approximate surface area is 155 Å². The summed E-state index contributed by atoms with van der Waals surface area (Å²) in [6, 6.07) is 0. The van der Waals surface area contributed by atoms with Gasteiger partial charge in [0, 0.05) is 24.7 Å². The fraction of sp³-hybridized carbons (Fsp3) is 0.500. The molecular weight excluding hydrogens is 354 g/mol. The average Bonchev–Trinajstić information content (AvgIpc) is 3.13. The highest BCUT2D eigenvalue weighted by atomic mass is 32.1. The standard InChI is InChI=1S/C16H23N7S2/c1-16(2,3)4-5-18-6-8-23-12-10(11(17)21-15(24)22-12)20-13(23)14-19-7-9-25-14/h7,9,18H,4-6,8H2,1-3H3,(H3,17,21,22,24). The number of rotatable bonds is 6. The fourth-order valence-electron chi connectivity index (χ4n) is 2.53. The lowest BCUT2D eigenvalue weighted by molar-refractivity contribution is 0.365. The number of nitrogens with zero attached hydrogens (tertiary/aromatic N) is 4. The molecule has 3 rings (SSSR count). The maximum Gasteiger partial charge on any atom is 0.200 e. The third kappa shape index (κ3) is 4.23. The summed E-state index contributed by atoms with van der Waals surface area (Å²) in [5.41, 5.74) is 7.70. The third-order valence-corrected chi connectivity index (χ3v) is 4.79. The first-order valence-corrected chi connectivity index (χ1v) is 9.50. The molecule has 0 aliphatic carbocycles. The number of hydrogen-bond acceptors (Lipinski definition) is 7. The quantitative estimate of drug-likeness (QED) is 0.451. The zero-order valence-corrected chi connectivity index (χ0v) is 16.3. The van der Waals surface area contributed by atoms with Gasteiger partial charge in [0.15, 0.2) is 21.3 Å². The largest absolute Gasteiger partial charge is 0.383 e. The zero-order valence-electron chi connectivity index (χ0n) is 14.7. The summed E-state index contributed by atoms with van der Waals surface area (Å²) in [7, 11) is 0. The Morgan fingerprint density at radius 2 is 2.12 bits per heavy atom. The Bertz CT molecular complexity index is 903. The molecule has 3 heterocycles. The van der Waals surface area contributed by atoms with Crippen LogP contribution in [0.5, 0.6) is 0 Å². The number of anilines is 1. The average molecular weight is 378 g/mol. The van der Waals surface area contributed by atoms with Crippen LogP contribution in [-0.4, -0.2) is 37.6 Å². The molecule has 0 aromatic carbocycles. The summed E-state index contributed by atoms with van der Waals surface area (Å²) in [5.74, 6) is 1.21. The summed E-state index contributed by atoms with van der Waals surface area (Å²) in [4.78, 5) is 16.3. The second-order valence-electron chi connectivity index (χ2n) is 7.11.